The fraction of sp³-hybridized carbons (Fsp3) is 0.350. The van der Waals surface area contributed by atoms with Gasteiger partial charge in [-0.05, 0) is 37.1 Å². The van der Waals surface area contributed by atoms with Crippen LogP contribution >= 0.6 is 11.3 Å². The second-order valence-electron chi connectivity index (χ2n) is 6.14. The number of aliphatic hydroxyl groups is 1. The van der Waals surface area contributed by atoms with Gasteiger partial charge in [0.2, 0.25) is 5.60 Å². The van der Waals surface area contributed by atoms with Crippen molar-refractivity contribution >= 4 is 17.3 Å². The molecular weight excluding hydrogens is 320 g/mol. The third-order valence-corrected chi connectivity index (χ3v) is 5.56. The first kappa shape index (κ1) is 16.8. The van der Waals surface area contributed by atoms with E-state index in [1.165, 1.54) is 11.3 Å². The summed E-state index contributed by atoms with van der Waals surface area (Å²) in [6.45, 7) is 0. The standard InChI is InChI=1S/C20H20O3S/c1-2-19(13-7-4-8-14-19)23-18(21)20(22,17-12-9-15-24-17)16-10-5-3-6-11-16/h1,3,5-6,9-12,15,22H,4,7-8,13-14H2. The van der Waals surface area contributed by atoms with Crippen molar-refractivity contribution in [3.05, 3.63) is 58.3 Å². The van der Waals surface area contributed by atoms with Crippen molar-refractivity contribution in [1.29, 1.82) is 0 Å². The topological polar surface area (TPSA) is 46.5 Å². The van der Waals surface area contributed by atoms with Crippen LogP contribution in [-0.2, 0) is 15.1 Å². The summed E-state index contributed by atoms with van der Waals surface area (Å²) in [4.78, 5) is 13.6. The smallest absolute Gasteiger partial charge is 0.350 e. The van der Waals surface area contributed by atoms with E-state index in [1.54, 1.807) is 36.4 Å². The molecule has 1 heterocycles. The number of terminal acetylenes is 1. The van der Waals surface area contributed by atoms with Gasteiger partial charge >= 0.3 is 5.97 Å². The fourth-order valence-corrected chi connectivity index (χ4v) is 4.01. The Bertz CT molecular complexity index is 724. The van der Waals surface area contributed by atoms with Crippen LogP contribution in [0.15, 0.2) is 47.8 Å². The highest BCUT2D eigenvalue weighted by molar-refractivity contribution is 7.10. The lowest BCUT2D eigenvalue weighted by molar-refractivity contribution is -0.175. The van der Waals surface area contributed by atoms with Crippen LogP contribution in [0, 0.1) is 12.3 Å². The van der Waals surface area contributed by atoms with Crippen LogP contribution in [0.4, 0.5) is 0 Å². The van der Waals surface area contributed by atoms with Crippen LogP contribution in [0.25, 0.3) is 0 Å². The Hall–Kier alpha value is -2.09. The first-order valence-electron chi connectivity index (χ1n) is 8.14. The van der Waals surface area contributed by atoms with Crippen LogP contribution in [-0.4, -0.2) is 16.7 Å². The molecule has 24 heavy (non-hydrogen) atoms. The van der Waals surface area contributed by atoms with Gasteiger partial charge in [-0.2, -0.15) is 0 Å². The Morgan fingerprint density at radius 2 is 1.88 bits per heavy atom. The van der Waals surface area contributed by atoms with Gasteiger partial charge in [0.25, 0.3) is 0 Å². The first-order valence-corrected chi connectivity index (χ1v) is 9.02. The van der Waals surface area contributed by atoms with Gasteiger partial charge < -0.3 is 9.84 Å². The zero-order valence-corrected chi connectivity index (χ0v) is 14.2. The molecule has 2 aromatic rings. The van der Waals surface area contributed by atoms with Crippen LogP contribution in [0.1, 0.15) is 42.5 Å². The maximum absolute atomic E-state index is 13.0. The first-order chi connectivity index (χ1) is 11.6. The molecule has 0 bridgehead atoms. The third kappa shape index (κ3) is 2.98. The van der Waals surface area contributed by atoms with E-state index in [4.69, 9.17) is 11.2 Å². The van der Waals surface area contributed by atoms with E-state index in [9.17, 15) is 9.90 Å². The summed E-state index contributed by atoms with van der Waals surface area (Å²) >= 11 is 1.32. The van der Waals surface area contributed by atoms with Crippen molar-refractivity contribution in [3.8, 4) is 12.3 Å². The summed E-state index contributed by atoms with van der Waals surface area (Å²) in [7, 11) is 0. The number of carbonyl (C=O) groups excluding carboxylic acids is 1. The zero-order valence-electron chi connectivity index (χ0n) is 13.4. The minimum absolute atomic E-state index is 0.487. The van der Waals surface area contributed by atoms with Crippen LogP contribution in [0.5, 0.6) is 0 Å². The number of benzene rings is 1. The molecule has 1 fully saturated rings. The Kier molecular flexibility index (Phi) is 4.75. The molecular formula is C20H20O3S. The quantitative estimate of drug-likeness (QED) is 0.679. The summed E-state index contributed by atoms with van der Waals surface area (Å²) in [5, 5.41) is 13.1. The van der Waals surface area contributed by atoms with Crippen LogP contribution in [0.3, 0.4) is 0 Å². The molecule has 0 radical (unpaired) electrons. The van der Waals surface area contributed by atoms with E-state index in [0.29, 0.717) is 23.3 Å². The average molecular weight is 340 g/mol. The molecule has 1 aromatic carbocycles. The van der Waals surface area contributed by atoms with Crippen molar-refractivity contribution in [3.63, 3.8) is 0 Å². The number of hydrogen-bond acceptors (Lipinski definition) is 4. The molecule has 1 saturated carbocycles. The normalized spacial score (nSPS) is 19.0. The van der Waals surface area contributed by atoms with Gasteiger partial charge in [-0.3, -0.25) is 0 Å². The monoisotopic (exact) mass is 340 g/mol. The van der Waals surface area contributed by atoms with E-state index in [0.717, 1.165) is 19.3 Å². The minimum Gasteiger partial charge on any atom is -0.443 e. The van der Waals surface area contributed by atoms with Crippen molar-refractivity contribution in [2.45, 2.75) is 43.3 Å². The number of hydrogen-bond donors (Lipinski definition) is 1. The van der Waals surface area contributed by atoms with Gasteiger partial charge in [0, 0.05) is 5.56 Å². The highest BCUT2D eigenvalue weighted by Crippen LogP contribution is 2.38. The van der Waals surface area contributed by atoms with Crippen molar-refractivity contribution in [2.75, 3.05) is 0 Å². The molecule has 1 aliphatic carbocycles. The lowest BCUT2D eigenvalue weighted by Gasteiger charge is -2.35. The fourth-order valence-electron chi connectivity index (χ4n) is 3.17. The number of carbonyl (C=O) groups is 1. The van der Waals surface area contributed by atoms with Crippen molar-refractivity contribution in [2.24, 2.45) is 0 Å². The van der Waals surface area contributed by atoms with Gasteiger partial charge in [0.05, 0.1) is 4.88 Å². The summed E-state index contributed by atoms with van der Waals surface area (Å²) < 4.78 is 5.75. The summed E-state index contributed by atoms with van der Waals surface area (Å²) in [5.41, 5.74) is -2.26. The minimum atomic E-state index is -1.84. The Morgan fingerprint density at radius 3 is 2.46 bits per heavy atom. The average Bonchev–Trinajstić information content (AvgIpc) is 3.17. The molecule has 1 aliphatic rings. The second-order valence-corrected chi connectivity index (χ2v) is 7.09. The summed E-state index contributed by atoms with van der Waals surface area (Å²) in [6.07, 6.45) is 9.92. The second kappa shape index (κ2) is 6.80. The lowest BCUT2D eigenvalue weighted by Crippen LogP contribution is -2.45. The van der Waals surface area contributed by atoms with E-state index in [-0.39, 0.29) is 0 Å². The van der Waals surface area contributed by atoms with Gasteiger partial charge in [-0.15, -0.1) is 17.8 Å². The highest BCUT2D eigenvalue weighted by atomic mass is 32.1. The summed E-state index contributed by atoms with van der Waals surface area (Å²) in [6, 6.07) is 12.4. The highest BCUT2D eigenvalue weighted by Gasteiger charge is 2.46. The number of thiophene rings is 1. The van der Waals surface area contributed by atoms with Gasteiger partial charge in [0.15, 0.2) is 5.60 Å². The van der Waals surface area contributed by atoms with E-state index >= 15 is 0 Å². The molecule has 0 saturated heterocycles. The van der Waals surface area contributed by atoms with Crippen molar-refractivity contribution < 1.29 is 14.6 Å². The molecule has 0 spiro atoms. The maximum Gasteiger partial charge on any atom is 0.350 e. The van der Waals surface area contributed by atoms with Gasteiger partial charge in [0.1, 0.15) is 0 Å². The molecule has 1 atom stereocenters. The van der Waals surface area contributed by atoms with Gasteiger partial charge in [-0.25, -0.2) is 4.79 Å². The largest absolute Gasteiger partial charge is 0.443 e. The molecule has 0 aliphatic heterocycles. The predicted molar refractivity (Wildman–Crippen MR) is 94.5 cm³/mol. The third-order valence-electron chi connectivity index (χ3n) is 4.58. The van der Waals surface area contributed by atoms with Gasteiger partial charge in [-0.1, -0.05) is 48.7 Å². The number of rotatable bonds is 4. The molecule has 0 amide bonds. The maximum atomic E-state index is 13.0. The SMILES string of the molecule is C#CC1(OC(=O)C(O)(c2ccccc2)c2cccs2)CCCCC1. The molecule has 1 N–H and O–H groups in total. The molecule has 4 heteroatoms. The molecule has 124 valence electrons. The Labute approximate surface area is 146 Å². The Morgan fingerprint density at radius 1 is 1.17 bits per heavy atom. The van der Waals surface area contributed by atoms with E-state index in [2.05, 4.69) is 5.92 Å². The lowest BCUT2D eigenvalue weighted by atomic mass is 9.84. The zero-order chi connectivity index (χ0) is 17.0. The summed E-state index contributed by atoms with van der Waals surface area (Å²) in [5.74, 6) is 1.97. The number of ether oxygens (including phenoxy) is 1. The molecule has 1 aromatic heterocycles. The van der Waals surface area contributed by atoms with E-state index in [1.807, 2.05) is 11.4 Å². The number of esters is 1. The molecule has 3 rings (SSSR count). The molecule has 1 unspecified atom stereocenters. The predicted octanol–water partition coefficient (Wildman–Crippen LogP) is 3.86. The van der Waals surface area contributed by atoms with Crippen LogP contribution in [0.2, 0.25) is 0 Å². The van der Waals surface area contributed by atoms with Crippen LogP contribution < -0.4 is 0 Å². The van der Waals surface area contributed by atoms with E-state index < -0.39 is 17.2 Å². The Balaban J connectivity index is 1.98. The van der Waals surface area contributed by atoms with Crippen molar-refractivity contribution in [1.82, 2.24) is 0 Å². The molecule has 3 nitrogen and oxygen atoms in total.